The van der Waals surface area contributed by atoms with Gasteiger partial charge in [0.1, 0.15) is 0 Å². The normalized spacial score (nSPS) is 32.6. The highest BCUT2D eigenvalue weighted by Gasteiger charge is 2.29. The maximum Gasteiger partial charge on any atom is 0.00925 e. The number of hydrogen-bond acceptors (Lipinski definition) is 2. The van der Waals surface area contributed by atoms with E-state index in [1.807, 2.05) is 0 Å². The van der Waals surface area contributed by atoms with Gasteiger partial charge in [0.05, 0.1) is 0 Å². The SMILES string of the molecule is CCC(C)C(C)N1CCC(C)C(CN)C1. The molecule has 2 heteroatoms. The van der Waals surface area contributed by atoms with Crippen molar-refractivity contribution in [1.29, 1.82) is 0 Å². The summed E-state index contributed by atoms with van der Waals surface area (Å²) in [6.45, 7) is 12.7. The van der Waals surface area contributed by atoms with Crippen molar-refractivity contribution in [2.45, 2.75) is 46.6 Å². The van der Waals surface area contributed by atoms with E-state index in [9.17, 15) is 0 Å². The standard InChI is InChI=1S/C13H28N2/c1-5-10(2)12(4)15-7-6-11(3)13(8-14)9-15/h10-13H,5-9,14H2,1-4H3. The minimum atomic E-state index is 0.713. The molecule has 15 heavy (non-hydrogen) atoms. The maximum absolute atomic E-state index is 5.84. The second kappa shape index (κ2) is 5.86. The zero-order valence-corrected chi connectivity index (χ0v) is 10.9. The van der Waals surface area contributed by atoms with Gasteiger partial charge in [0.25, 0.3) is 0 Å². The number of rotatable bonds is 4. The molecule has 1 heterocycles. The van der Waals surface area contributed by atoms with Crippen LogP contribution < -0.4 is 5.73 Å². The molecule has 1 aliphatic heterocycles. The minimum absolute atomic E-state index is 0.713. The van der Waals surface area contributed by atoms with Crippen LogP contribution in [0.4, 0.5) is 0 Å². The zero-order valence-electron chi connectivity index (χ0n) is 10.9. The van der Waals surface area contributed by atoms with Crippen LogP contribution in [0.2, 0.25) is 0 Å². The number of piperidine rings is 1. The average molecular weight is 212 g/mol. The molecule has 1 saturated heterocycles. The van der Waals surface area contributed by atoms with Crippen LogP contribution in [-0.2, 0) is 0 Å². The Kier molecular flexibility index (Phi) is 5.07. The Morgan fingerprint density at radius 1 is 1.40 bits per heavy atom. The molecule has 0 amide bonds. The summed E-state index contributed by atoms with van der Waals surface area (Å²) in [5, 5.41) is 0. The van der Waals surface area contributed by atoms with Gasteiger partial charge in [-0.05, 0) is 44.2 Å². The topological polar surface area (TPSA) is 29.3 Å². The highest BCUT2D eigenvalue weighted by Crippen LogP contribution is 2.26. The van der Waals surface area contributed by atoms with Crippen molar-refractivity contribution in [3.8, 4) is 0 Å². The highest BCUT2D eigenvalue weighted by atomic mass is 15.2. The van der Waals surface area contributed by atoms with Crippen LogP contribution in [0.15, 0.2) is 0 Å². The molecule has 1 fully saturated rings. The lowest BCUT2D eigenvalue weighted by Gasteiger charge is -2.41. The van der Waals surface area contributed by atoms with Crippen molar-refractivity contribution in [2.75, 3.05) is 19.6 Å². The van der Waals surface area contributed by atoms with Crippen LogP contribution in [-0.4, -0.2) is 30.6 Å². The molecule has 4 unspecified atom stereocenters. The van der Waals surface area contributed by atoms with Crippen molar-refractivity contribution in [3.05, 3.63) is 0 Å². The molecule has 90 valence electrons. The summed E-state index contributed by atoms with van der Waals surface area (Å²) in [6.07, 6.45) is 2.60. The van der Waals surface area contributed by atoms with Gasteiger partial charge < -0.3 is 10.6 Å². The molecule has 4 atom stereocenters. The quantitative estimate of drug-likeness (QED) is 0.775. The molecule has 0 saturated carbocycles. The van der Waals surface area contributed by atoms with Crippen LogP contribution in [0.1, 0.15) is 40.5 Å². The zero-order chi connectivity index (χ0) is 11.4. The Labute approximate surface area is 95.2 Å². The number of likely N-dealkylation sites (tertiary alicyclic amines) is 1. The van der Waals surface area contributed by atoms with Crippen LogP contribution in [0.5, 0.6) is 0 Å². The van der Waals surface area contributed by atoms with E-state index in [1.54, 1.807) is 0 Å². The number of nitrogens with zero attached hydrogens (tertiary/aromatic N) is 1. The Balaban J connectivity index is 2.50. The number of nitrogens with two attached hydrogens (primary N) is 1. The summed E-state index contributed by atoms with van der Waals surface area (Å²) >= 11 is 0. The van der Waals surface area contributed by atoms with Crippen molar-refractivity contribution >= 4 is 0 Å². The Bertz CT molecular complexity index is 181. The predicted octanol–water partition coefficient (Wildman–Crippen LogP) is 2.34. The van der Waals surface area contributed by atoms with Gasteiger partial charge in [-0.1, -0.05) is 27.2 Å². The number of hydrogen-bond donors (Lipinski definition) is 1. The van der Waals surface area contributed by atoms with E-state index in [0.29, 0.717) is 5.92 Å². The Morgan fingerprint density at radius 2 is 2.07 bits per heavy atom. The fourth-order valence-electron chi connectivity index (χ4n) is 2.56. The fourth-order valence-corrected chi connectivity index (χ4v) is 2.56. The first-order valence-corrected chi connectivity index (χ1v) is 6.54. The monoisotopic (exact) mass is 212 g/mol. The molecule has 2 N–H and O–H groups in total. The molecule has 0 aromatic heterocycles. The van der Waals surface area contributed by atoms with Crippen molar-refractivity contribution in [3.63, 3.8) is 0 Å². The van der Waals surface area contributed by atoms with Gasteiger partial charge in [-0.15, -0.1) is 0 Å². The maximum atomic E-state index is 5.84. The molecule has 2 nitrogen and oxygen atoms in total. The van der Waals surface area contributed by atoms with E-state index in [2.05, 4.69) is 32.6 Å². The van der Waals surface area contributed by atoms with E-state index in [0.717, 1.165) is 24.4 Å². The predicted molar refractivity (Wildman–Crippen MR) is 66.8 cm³/mol. The lowest BCUT2D eigenvalue weighted by molar-refractivity contribution is 0.0737. The van der Waals surface area contributed by atoms with Gasteiger partial charge in [0.15, 0.2) is 0 Å². The summed E-state index contributed by atoms with van der Waals surface area (Å²) in [6, 6.07) is 0.719. The van der Waals surface area contributed by atoms with Crippen LogP contribution in [0.3, 0.4) is 0 Å². The van der Waals surface area contributed by atoms with E-state index in [4.69, 9.17) is 5.73 Å². The molecular formula is C13H28N2. The molecule has 0 aliphatic carbocycles. The smallest absolute Gasteiger partial charge is 0.00925 e. The Hall–Kier alpha value is -0.0800. The van der Waals surface area contributed by atoms with E-state index in [1.165, 1.54) is 25.9 Å². The lowest BCUT2D eigenvalue weighted by Crippen LogP contribution is -2.48. The molecule has 0 bridgehead atoms. The first-order valence-electron chi connectivity index (χ1n) is 6.54. The van der Waals surface area contributed by atoms with Crippen molar-refractivity contribution < 1.29 is 0 Å². The van der Waals surface area contributed by atoms with Crippen LogP contribution >= 0.6 is 0 Å². The first-order chi connectivity index (χ1) is 7.10. The second-order valence-corrected chi connectivity index (χ2v) is 5.38. The van der Waals surface area contributed by atoms with E-state index < -0.39 is 0 Å². The molecular weight excluding hydrogens is 184 g/mol. The van der Waals surface area contributed by atoms with Crippen LogP contribution in [0.25, 0.3) is 0 Å². The summed E-state index contributed by atoms with van der Waals surface area (Å²) in [4.78, 5) is 2.64. The molecule has 1 aliphatic rings. The Morgan fingerprint density at radius 3 is 2.60 bits per heavy atom. The van der Waals surface area contributed by atoms with E-state index >= 15 is 0 Å². The third-order valence-corrected chi connectivity index (χ3v) is 4.49. The van der Waals surface area contributed by atoms with Gasteiger partial charge in [-0.2, -0.15) is 0 Å². The molecule has 0 aromatic rings. The third kappa shape index (κ3) is 3.18. The molecule has 0 radical (unpaired) electrons. The summed E-state index contributed by atoms with van der Waals surface area (Å²) in [5.74, 6) is 2.33. The molecule has 0 spiro atoms. The van der Waals surface area contributed by atoms with Gasteiger partial charge in [0.2, 0.25) is 0 Å². The largest absolute Gasteiger partial charge is 0.330 e. The lowest BCUT2D eigenvalue weighted by atomic mass is 9.85. The average Bonchev–Trinajstić information content (AvgIpc) is 2.27. The van der Waals surface area contributed by atoms with Crippen LogP contribution in [0, 0.1) is 17.8 Å². The van der Waals surface area contributed by atoms with E-state index in [-0.39, 0.29) is 0 Å². The summed E-state index contributed by atoms with van der Waals surface area (Å²) < 4.78 is 0. The van der Waals surface area contributed by atoms with Gasteiger partial charge >= 0.3 is 0 Å². The van der Waals surface area contributed by atoms with Crippen molar-refractivity contribution in [2.24, 2.45) is 23.5 Å². The molecule has 1 rings (SSSR count). The minimum Gasteiger partial charge on any atom is -0.330 e. The fraction of sp³-hybridized carbons (Fsp3) is 1.00. The van der Waals surface area contributed by atoms with Gasteiger partial charge in [-0.3, -0.25) is 0 Å². The summed E-state index contributed by atoms with van der Waals surface area (Å²) in [7, 11) is 0. The van der Waals surface area contributed by atoms with Gasteiger partial charge in [0, 0.05) is 12.6 Å². The third-order valence-electron chi connectivity index (χ3n) is 4.49. The highest BCUT2D eigenvalue weighted by molar-refractivity contribution is 4.82. The van der Waals surface area contributed by atoms with Crippen molar-refractivity contribution in [1.82, 2.24) is 4.90 Å². The molecule has 0 aromatic carbocycles. The summed E-state index contributed by atoms with van der Waals surface area (Å²) in [5.41, 5.74) is 5.84. The van der Waals surface area contributed by atoms with Gasteiger partial charge in [-0.25, -0.2) is 0 Å². The first kappa shape index (κ1) is 13.0. The second-order valence-electron chi connectivity index (χ2n) is 5.38.